The fraction of sp³-hybridized carbons (Fsp3) is 0.450. The molecule has 0 fully saturated rings. The molecule has 0 saturated heterocycles. The number of guanidine groups is 1. The van der Waals surface area contributed by atoms with Gasteiger partial charge in [0.25, 0.3) is 5.91 Å². The van der Waals surface area contributed by atoms with Gasteiger partial charge in [0.1, 0.15) is 4.88 Å². The lowest BCUT2D eigenvalue weighted by Gasteiger charge is -2.16. The lowest BCUT2D eigenvalue weighted by molar-refractivity contribution is -0.137. The van der Waals surface area contributed by atoms with E-state index in [9.17, 15) is 18.0 Å². The first-order valence-corrected chi connectivity index (χ1v) is 10.4. The van der Waals surface area contributed by atoms with Gasteiger partial charge in [-0.1, -0.05) is 25.1 Å². The molecular formula is C20H27F3IN5OS. The summed E-state index contributed by atoms with van der Waals surface area (Å²) in [6.45, 7) is 5.12. The zero-order valence-corrected chi connectivity index (χ0v) is 20.7. The van der Waals surface area contributed by atoms with E-state index in [2.05, 4.69) is 25.9 Å². The normalized spacial score (nSPS) is 12.6. The third kappa shape index (κ3) is 8.63. The number of nitrogens with zero attached hydrogens (tertiary/aromatic N) is 2. The number of carbonyl (C=O) groups is 1. The molecule has 0 aliphatic heterocycles. The van der Waals surface area contributed by atoms with Crippen LogP contribution >= 0.6 is 35.3 Å². The Kier molecular flexibility index (Phi) is 11.2. The zero-order chi connectivity index (χ0) is 22.1. The second-order valence-electron chi connectivity index (χ2n) is 6.76. The largest absolute Gasteiger partial charge is 0.416 e. The summed E-state index contributed by atoms with van der Waals surface area (Å²) in [6.07, 6.45) is -3.70. The Morgan fingerprint density at radius 3 is 2.48 bits per heavy atom. The summed E-state index contributed by atoms with van der Waals surface area (Å²) in [5.74, 6) is 0.365. The number of thiazole rings is 1. The average Bonchev–Trinajstić information content (AvgIpc) is 3.15. The van der Waals surface area contributed by atoms with E-state index in [1.54, 1.807) is 25.5 Å². The summed E-state index contributed by atoms with van der Waals surface area (Å²) in [7, 11) is 1.63. The molecule has 0 saturated carbocycles. The molecule has 3 N–H and O–H groups in total. The van der Waals surface area contributed by atoms with Gasteiger partial charge in [-0.15, -0.1) is 35.3 Å². The smallest absolute Gasteiger partial charge is 0.356 e. The highest BCUT2D eigenvalue weighted by atomic mass is 127. The van der Waals surface area contributed by atoms with E-state index in [0.29, 0.717) is 48.1 Å². The van der Waals surface area contributed by atoms with Crippen LogP contribution in [0.25, 0.3) is 0 Å². The average molecular weight is 569 g/mol. The molecule has 1 aromatic heterocycles. The number of alkyl halides is 3. The molecule has 1 amide bonds. The number of rotatable bonds is 8. The highest BCUT2D eigenvalue weighted by Crippen LogP contribution is 2.31. The lowest BCUT2D eigenvalue weighted by atomic mass is 9.96. The van der Waals surface area contributed by atoms with E-state index in [-0.39, 0.29) is 35.8 Å². The Labute approximate surface area is 201 Å². The number of aryl methyl sites for hydroxylation is 1. The second kappa shape index (κ2) is 12.8. The van der Waals surface area contributed by atoms with Crippen LogP contribution in [0.5, 0.6) is 0 Å². The summed E-state index contributed by atoms with van der Waals surface area (Å²) in [5.41, 5.74) is 2.36. The maximum atomic E-state index is 12.9. The van der Waals surface area contributed by atoms with Crippen LogP contribution in [-0.2, 0) is 6.18 Å². The van der Waals surface area contributed by atoms with Gasteiger partial charge < -0.3 is 16.0 Å². The van der Waals surface area contributed by atoms with Gasteiger partial charge in [-0.05, 0) is 30.9 Å². The van der Waals surface area contributed by atoms with Crippen molar-refractivity contribution in [1.82, 2.24) is 20.9 Å². The summed E-state index contributed by atoms with van der Waals surface area (Å²) in [6, 6.07) is 5.42. The lowest BCUT2D eigenvalue weighted by Crippen LogP contribution is -2.42. The van der Waals surface area contributed by atoms with Crippen LogP contribution in [0.15, 0.2) is 34.8 Å². The van der Waals surface area contributed by atoms with Gasteiger partial charge >= 0.3 is 6.18 Å². The van der Waals surface area contributed by atoms with Crippen molar-refractivity contribution >= 4 is 47.2 Å². The van der Waals surface area contributed by atoms with Gasteiger partial charge in [0.15, 0.2) is 5.96 Å². The minimum absolute atomic E-state index is 0. The molecular weight excluding hydrogens is 542 g/mol. The van der Waals surface area contributed by atoms with Crippen molar-refractivity contribution in [3.63, 3.8) is 0 Å². The Bertz CT molecular complexity index is 872. The second-order valence-corrected chi connectivity index (χ2v) is 7.62. The molecule has 2 aromatic rings. The number of hydrogen-bond donors (Lipinski definition) is 3. The molecule has 0 aliphatic carbocycles. The molecule has 172 valence electrons. The third-order valence-corrected chi connectivity index (χ3v) is 5.46. The monoisotopic (exact) mass is 569 g/mol. The van der Waals surface area contributed by atoms with Crippen molar-refractivity contribution in [2.45, 2.75) is 32.4 Å². The predicted molar refractivity (Wildman–Crippen MR) is 128 cm³/mol. The molecule has 0 bridgehead atoms. The fourth-order valence-corrected chi connectivity index (χ4v) is 3.49. The molecule has 6 nitrogen and oxygen atoms in total. The first kappa shape index (κ1) is 27.1. The number of halogens is 4. The summed E-state index contributed by atoms with van der Waals surface area (Å²) >= 11 is 1.30. The van der Waals surface area contributed by atoms with E-state index in [1.165, 1.54) is 23.5 Å². The number of aliphatic imine (C=N–C) groups is 1. The zero-order valence-electron chi connectivity index (χ0n) is 17.5. The molecule has 0 spiro atoms. The molecule has 11 heteroatoms. The summed E-state index contributed by atoms with van der Waals surface area (Å²) in [5, 5.41) is 9.04. The van der Waals surface area contributed by atoms with Crippen molar-refractivity contribution in [2.24, 2.45) is 4.99 Å². The van der Waals surface area contributed by atoms with Gasteiger partial charge in [-0.2, -0.15) is 13.2 Å². The SMILES string of the molecule is CN=C(NCCNC(=O)c1scnc1C)NCCC(C)c1cccc(C(F)(F)F)c1.I. The molecule has 2 rings (SSSR count). The maximum Gasteiger partial charge on any atom is 0.416 e. The third-order valence-electron chi connectivity index (χ3n) is 4.53. The van der Waals surface area contributed by atoms with Crippen molar-refractivity contribution in [1.29, 1.82) is 0 Å². The van der Waals surface area contributed by atoms with Crippen LogP contribution in [0.1, 0.15) is 45.8 Å². The molecule has 0 radical (unpaired) electrons. The number of amides is 1. The van der Waals surface area contributed by atoms with Crippen LogP contribution in [0.2, 0.25) is 0 Å². The first-order chi connectivity index (χ1) is 14.2. The first-order valence-electron chi connectivity index (χ1n) is 9.52. The van der Waals surface area contributed by atoms with Gasteiger partial charge in [0.05, 0.1) is 16.8 Å². The summed E-state index contributed by atoms with van der Waals surface area (Å²) in [4.78, 5) is 20.8. The fourth-order valence-electron chi connectivity index (χ4n) is 2.77. The summed E-state index contributed by atoms with van der Waals surface area (Å²) < 4.78 is 38.6. The van der Waals surface area contributed by atoms with Crippen LogP contribution in [0.3, 0.4) is 0 Å². The molecule has 1 atom stereocenters. The van der Waals surface area contributed by atoms with Crippen molar-refractivity contribution < 1.29 is 18.0 Å². The number of carbonyl (C=O) groups excluding carboxylic acids is 1. The van der Waals surface area contributed by atoms with Crippen LogP contribution in [-0.4, -0.2) is 43.5 Å². The van der Waals surface area contributed by atoms with Crippen LogP contribution < -0.4 is 16.0 Å². The molecule has 1 unspecified atom stereocenters. The quantitative estimate of drug-likeness (QED) is 0.193. The van der Waals surface area contributed by atoms with Gasteiger partial charge in [-0.3, -0.25) is 9.79 Å². The number of benzene rings is 1. The van der Waals surface area contributed by atoms with Crippen LogP contribution in [0.4, 0.5) is 13.2 Å². The van der Waals surface area contributed by atoms with Crippen molar-refractivity contribution in [3.05, 3.63) is 51.5 Å². The molecule has 1 aromatic carbocycles. The Balaban J connectivity index is 0.00000480. The minimum Gasteiger partial charge on any atom is -0.356 e. The molecule has 31 heavy (non-hydrogen) atoms. The van der Waals surface area contributed by atoms with E-state index in [0.717, 1.165) is 6.07 Å². The van der Waals surface area contributed by atoms with Crippen molar-refractivity contribution in [3.8, 4) is 0 Å². The number of nitrogens with one attached hydrogen (secondary N) is 3. The highest BCUT2D eigenvalue weighted by Gasteiger charge is 2.30. The van der Waals surface area contributed by atoms with E-state index >= 15 is 0 Å². The molecule has 1 heterocycles. The van der Waals surface area contributed by atoms with E-state index in [4.69, 9.17) is 0 Å². The predicted octanol–water partition coefficient (Wildman–Crippen LogP) is 4.18. The van der Waals surface area contributed by atoms with Gasteiger partial charge in [0.2, 0.25) is 0 Å². The van der Waals surface area contributed by atoms with Gasteiger partial charge in [-0.25, -0.2) is 4.98 Å². The number of aromatic nitrogens is 1. The van der Waals surface area contributed by atoms with E-state index in [1.807, 2.05) is 6.92 Å². The standard InChI is InChI=1S/C20H26F3N5OS.HI/c1-13(15-5-4-6-16(11-15)20(21,22)23)7-8-26-19(24-3)27-10-9-25-18(29)17-14(2)28-12-30-17;/h4-6,11-13H,7-10H2,1-3H3,(H,25,29)(H2,24,26,27);1H. The Morgan fingerprint density at radius 2 is 1.87 bits per heavy atom. The number of hydrogen-bond acceptors (Lipinski definition) is 4. The maximum absolute atomic E-state index is 12.9. The topological polar surface area (TPSA) is 78.4 Å². The van der Waals surface area contributed by atoms with Crippen molar-refractivity contribution in [2.75, 3.05) is 26.7 Å². The highest BCUT2D eigenvalue weighted by molar-refractivity contribution is 14.0. The molecule has 0 aliphatic rings. The Morgan fingerprint density at radius 1 is 1.19 bits per heavy atom. The van der Waals surface area contributed by atoms with E-state index < -0.39 is 11.7 Å². The van der Waals surface area contributed by atoms with Crippen LogP contribution in [0, 0.1) is 6.92 Å². The Hall–Kier alpha value is -1.89. The minimum atomic E-state index is -4.34. The van der Waals surface area contributed by atoms with Gasteiger partial charge in [0, 0.05) is 26.7 Å².